The summed E-state index contributed by atoms with van der Waals surface area (Å²) in [5, 5.41) is 11.6. The molecule has 19 heavy (non-hydrogen) atoms. The van der Waals surface area contributed by atoms with Crippen LogP contribution in [-0.2, 0) is 0 Å². The van der Waals surface area contributed by atoms with Crippen LogP contribution >= 0.6 is 0 Å². The van der Waals surface area contributed by atoms with E-state index >= 15 is 0 Å². The van der Waals surface area contributed by atoms with Crippen molar-refractivity contribution in [2.24, 2.45) is 0 Å². The van der Waals surface area contributed by atoms with Gasteiger partial charge >= 0.3 is 0 Å². The molecule has 1 aromatic carbocycles. The molecule has 5 heteroatoms. The van der Waals surface area contributed by atoms with Gasteiger partial charge in [0.15, 0.2) is 0 Å². The SMILES string of the molecule is Cc1cc(-c2cn(-c3ccc(F)cc3)nc2C)n[nH]1. The monoisotopic (exact) mass is 256 g/mol. The van der Waals surface area contributed by atoms with Crippen molar-refractivity contribution in [2.75, 3.05) is 0 Å². The molecule has 0 spiro atoms. The molecule has 0 fully saturated rings. The molecule has 3 aromatic rings. The standard InChI is InChI=1S/C14H13FN4/c1-9-7-14(17-16-9)13-8-19(18-10(13)2)12-5-3-11(15)4-6-12/h3-8H,1-2H3,(H,16,17). The summed E-state index contributed by atoms with van der Waals surface area (Å²) >= 11 is 0. The van der Waals surface area contributed by atoms with Gasteiger partial charge in [0.05, 0.1) is 17.1 Å². The number of hydrogen-bond acceptors (Lipinski definition) is 2. The number of rotatable bonds is 2. The van der Waals surface area contributed by atoms with Crippen LogP contribution in [0.1, 0.15) is 11.4 Å². The maximum atomic E-state index is 12.9. The van der Waals surface area contributed by atoms with E-state index in [0.717, 1.165) is 28.3 Å². The lowest BCUT2D eigenvalue weighted by Gasteiger charge is -1.99. The highest BCUT2D eigenvalue weighted by atomic mass is 19.1. The van der Waals surface area contributed by atoms with Crippen molar-refractivity contribution in [2.45, 2.75) is 13.8 Å². The lowest BCUT2D eigenvalue weighted by Crippen LogP contribution is -1.94. The normalized spacial score (nSPS) is 10.9. The summed E-state index contributed by atoms with van der Waals surface area (Å²) < 4.78 is 14.6. The van der Waals surface area contributed by atoms with Crippen LogP contribution in [-0.4, -0.2) is 20.0 Å². The van der Waals surface area contributed by atoms with E-state index in [1.165, 1.54) is 12.1 Å². The maximum absolute atomic E-state index is 12.9. The minimum atomic E-state index is -0.254. The maximum Gasteiger partial charge on any atom is 0.123 e. The van der Waals surface area contributed by atoms with Gasteiger partial charge in [-0.1, -0.05) is 0 Å². The zero-order valence-corrected chi connectivity index (χ0v) is 10.7. The Balaban J connectivity index is 2.04. The van der Waals surface area contributed by atoms with Gasteiger partial charge in [0.2, 0.25) is 0 Å². The second kappa shape index (κ2) is 4.35. The third-order valence-corrected chi connectivity index (χ3v) is 2.97. The topological polar surface area (TPSA) is 46.5 Å². The molecule has 2 aromatic heterocycles. The molecule has 0 aliphatic rings. The molecule has 0 saturated heterocycles. The highest BCUT2D eigenvalue weighted by molar-refractivity contribution is 5.61. The molecule has 0 saturated carbocycles. The van der Waals surface area contributed by atoms with Crippen LogP contribution in [0.2, 0.25) is 0 Å². The zero-order valence-electron chi connectivity index (χ0n) is 10.7. The summed E-state index contributed by atoms with van der Waals surface area (Å²) in [5.74, 6) is -0.254. The van der Waals surface area contributed by atoms with Crippen molar-refractivity contribution in [3.63, 3.8) is 0 Å². The molecule has 0 atom stereocenters. The van der Waals surface area contributed by atoms with E-state index in [4.69, 9.17) is 0 Å². The first kappa shape index (κ1) is 11.6. The molecule has 3 rings (SSSR count). The zero-order chi connectivity index (χ0) is 13.4. The molecule has 0 radical (unpaired) electrons. The summed E-state index contributed by atoms with van der Waals surface area (Å²) in [6, 6.07) is 8.21. The Labute approximate surface area is 109 Å². The molecule has 2 heterocycles. The largest absolute Gasteiger partial charge is 0.282 e. The van der Waals surface area contributed by atoms with E-state index in [-0.39, 0.29) is 5.82 Å². The van der Waals surface area contributed by atoms with Gasteiger partial charge in [-0.2, -0.15) is 10.2 Å². The van der Waals surface area contributed by atoms with Crippen molar-refractivity contribution >= 4 is 0 Å². The van der Waals surface area contributed by atoms with E-state index in [9.17, 15) is 4.39 Å². The van der Waals surface area contributed by atoms with Crippen LogP contribution in [0.15, 0.2) is 36.5 Å². The quantitative estimate of drug-likeness (QED) is 0.766. The third-order valence-electron chi connectivity index (χ3n) is 2.97. The van der Waals surface area contributed by atoms with Crippen LogP contribution < -0.4 is 0 Å². The Hall–Kier alpha value is -2.43. The Morgan fingerprint density at radius 1 is 1.16 bits per heavy atom. The molecule has 0 aliphatic heterocycles. The molecule has 0 unspecified atom stereocenters. The number of hydrogen-bond donors (Lipinski definition) is 1. The number of H-pyrrole nitrogens is 1. The Morgan fingerprint density at radius 2 is 1.89 bits per heavy atom. The second-order valence-electron chi connectivity index (χ2n) is 4.49. The number of benzene rings is 1. The van der Waals surface area contributed by atoms with E-state index in [2.05, 4.69) is 15.3 Å². The molecule has 0 bridgehead atoms. The highest BCUT2D eigenvalue weighted by Gasteiger charge is 2.11. The van der Waals surface area contributed by atoms with E-state index < -0.39 is 0 Å². The fourth-order valence-corrected chi connectivity index (χ4v) is 1.99. The molecule has 0 aliphatic carbocycles. The third kappa shape index (κ3) is 2.14. The number of nitrogens with one attached hydrogen (secondary N) is 1. The molecular formula is C14H13FN4. The Bertz CT molecular complexity index is 709. The smallest absolute Gasteiger partial charge is 0.123 e. The minimum absolute atomic E-state index is 0.254. The molecule has 1 N–H and O–H groups in total. The van der Waals surface area contributed by atoms with Gasteiger partial charge in [-0.3, -0.25) is 5.10 Å². The minimum Gasteiger partial charge on any atom is -0.282 e. The Kier molecular flexibility index (Phi) is 2.67. The number of nitrogens with zero attached hydrogens (tertiary/aromatic N) is 3. The van der Waals surface area contributed by atoms with E-state index in [1.54, 1.807) is 16.8 Å². The number of aryl methyl sites for hydroxylation is 2. The summed E-state index contributed by atoms with van der Waals surface area (Å²) in [5.41, 5.74) is 4.54. The van der Waals surface area contributed by atoms with Gasteiger partial charge in [-0.15, -0.1) is 0 Å². The van der Waals surface area contributed by atoms with Crippen LogP contribution in [0, 0.1) is 19.7 Å². The van der Waals surface area contributed by atoms with Gasteiger partial charge in [0, 0.05) is 17.5 Å². The average Bonchev–Trinajstić information content (AvgIpc) is 2.96. The number of halogens is 1. The van der Waals surface area contributed by atoms with E-state index in [1.807, 2.05) is 26.1 Å². The lowest BCUT2D eigenvalue weighted by atomic mass is 10.2. The molecule has 4 nitrogen and oxygen atoms in total. The van der Waals surface area contributed by atoms with Crippen molar-refractivity contribution < 1.29 is 4.39 Å². The fraction of sp³-hybridized carbons (Fsp3) is 0.143. The summed E-state index contributed by atoms with van der Waals surface area (Å²) in [6.07, 6.45) is 1.90. The fourth-order valence-electron chi connectivity index (χ4n) is 1.99. The predicted molar refractivity (Wildman–Crippen MR) is 70.6 cm³/mol. The predicted octanol–water partition coefficient (Wildman–Crippen LogP) is 3.02. The summed E-state index contributed by atoms with van der Waals surface area (Å²) in [7, 11) is 0. The van der Waals surface area contributed by atoms with Crippen molar-refractivity contribution in [1.82, 2.24) is 20.0 Å². The van der Waals surface area contributed by atoms with Crippen LogP contribution in [0.25, 0.3) is 16.9 Å². The molecule has 0 amide bonds. The van der Waals surface area contributed by atoms with Crippen molar-refractivity contribution in [1.29, 1.82) is 0 Å². The van der Waals surface area contributed by atoms with Gasteiger partial charge in [-0.05, 0) is 44.2 Å². The average molecular weight is 256 g/mol. The van der Waals surface area contributed by atoms with Gasteiger partial charge in [0.25, 0.3) is 0 Å². The Morgan fingerprint density at radius 3 is 2.53 bits per heavy atom. The van der Waals surface area contributed by atoms with Gasteiger partial charge < -0.3 is 0 Å². The highest BCUT2D eigenvalue weighted by Crippen LogP contribution is 2.22. The van der Waals surface area contributed by atoms with Crippen molar-refractivity contribution in [3.05, 3.63) is 53.7 Å². The van der Waals surface area contributed by atoms with Crippen molar-refractivity contribution in [3.8, 4) is 16.9 Å². The first-order chi connectivity index (χ1) is 9.13. The van der Waals surface area contributed by atoms with Crippen LogP contribution in [0.5, 0.6) is 0 Å². The molecular weight excluding hydrogens is 243 g/mol. The number of aromatic nitrogens is 4. The summed E-state index contributed by atoms with van der Waals surface area (Å²) in [4.78, 5) is 0. The second-order valence-corrected chi connectivity index (χ2v) is 4.49. The van der Waals surface area contributed by atoms with Crippen LogP contribution in [0.4, 0.5) is 4.39 Å². The van der Waals surface area contributed by atoms with Crippen LogP contribution in [0.3, 0.4) is 0 Å². The van der Waals surface area contributed by atoms with E-state index in [0.29, 0.717) is 0 Å². The first-order valence-corrected chi connectivity index (χ1v) is 5.98. The number of aromatic amines is 1. The summed E-state index contributed by atoms with van der Waals surface area (Å²) in [6.45, 7) is 3.88. The molecule has 96 valence electrons. The van der Waals surface area contributed by atoms with Gasteiger partial charge in [0.1, 0.15) is 5.82 Å². The first-order valence-electron chi connectivity index (χ1n) is 5.98. The lowest BCUT2D eigenvalue weighted by molar-refractivity contribution is 0.627. The van der Waals surface area contributed by atoms with Gasteiger partial charge in [-0.25, -0.2) is 9.07 Å².